The molecule has 1 amide bonds. The molecule has 1 aliphatic rings. The third kappa shape index (κ3) is 3.59. The second kappa shape index (κ2) is 7.65. The van der Waals surface area contributed by atoms with Gasteiger partial charge in [0.15, 0.2) is 0 Å². The molecule has 1 aromatic carbocycles. The highest BCUT2D eigenvalue weighted by atomic mass is 32.1. The van der Waals surface area contributed by atoms with Crippen LogP contribution in [0.2, 0.25) is 0 Å². The number of nitrogens with one attached hydrogen (secondary N) is 3. The number of rotatable bonds is 4. The molecule has 1 fully saturated rings. The molecule has 5 rings (SSSR count). The molecule has 0 saturated carbocycles. The first-order valence-electron chi connectivity index (χ1n) is 9.52. The first-order valence-corrected chi connectivity index (χ1v) is 10.3. The second-order valence-corrected chi connectivity index (χ2v) is 7.97. The molecular weight excluding hydrogens is 384 g/mol. The van der Waals surface area contributed by atoms with Gasteiger partial charge in [0, 0.05) is 37.3 Å². The molecule has 0 aliphatic carbocycles. The van der Waals surface area contributed by atoms with Crippen LogP contribution in [0.3, 0.4) is 0 Å². The van der Waals surface area contributed by atoms with Gasteiger partial charge in [-0.3, -0.25) is 9.78 Å². The summed E-state index contributed by atoms with van der Waals surface area (Å²) in [5.74, 6) is -0.117. The number of fused-ring (bicyclic) bond motifs is 1. The summed E-state index contributed by atoms with van der Waals surface area (Å²) in [6.07, 6.45) is 5.17. The van der Waals surface area contributed by atoms with Gasteiger partial charge in [-0.15, -0.1) is 11.3 Å². The molecule has 1 aliphatic heterocycles. The quantitative estimate of drug-likeness (QED) is 0.486. The van der Waals surface area contributed by atoms with Gasteiger partial charge in [0.2, 0.25) is 0 Å². The zero-order valence-corrected chi connectivity index (χ0v) is 16.5. The van der Waals surface area contributed by atoms with E-state index in [0.717, 1.165) is 59.0 Å². The number of benzene rings is 1. The second-order valence-electron chi connectivity index (χ2n) is 6.88. The van der Waals surface area contributed by atoms with Crippen LogP contribution >= 0.6 is 11.3 Å². The Bertz CT molecular complexity index is 1160. The maximum atomic E-state index is 12.9. The predicted molar refractivity (Wildman–Crippen MR) is 117 cm³/mol. The number of aromatic amines is 1. The van der Waals surface area contributed by atoms with Crippen molar-refractivity contribution < 1.29 is 4.79 Å². The summed E-state index contributed by atoms with van der Waals surface area (Å²) in [6.45, 7) is 3.69. The van der Waals surface area contributed by atoms with Crippen molar-refractivity contribution in [3.63, 3.8) is 0 Å². The van der Waals surface area contributed by atoms with E-state index in [4.69, 9.17) is 0 Å². The summed E-state index contributed by atoms with van der Waals surface area (Å²) in [7, 11) is 0. The predicted octanol–water partition coefficient (Wildman–Crippen LogP) is 3.35. The van der Waals surface area contributed by atoms with E-state index in [1.165, 1.54) is 11.3 Å². The average Bonchev–Trinajstić information content (AvgIpc) is 3.44. The van der Waals surface area contributed by atoms with Crippen LogP contribution in [0.15, 0.2) is 55.1 Å². The Kier molecular flexibility index (Phi) is 4.71. The zero-order chi connectivity index (χ0) is 19.6. The number of imidazole rings is 1. The molecule has 0 radical (unpaired) electrons. The third-order valence-electron chi connectivity index (χ3n) is 5.04. The highest BCUT2D eigenvalue weighted by molar-refractivity contribution is 7.17. The Morgan fingerprint density at radius 3 is 2.93 bits per heavy atom. The average molecular weight is 404 g/mol. The maximum absolute atomic E-state index is 12.9. The third-order valence-corrected chi connectivity index (χ3v) is 6.17. The van der Waals surface area contributed by atoms with E-state index in [-0.39, 0.29) is 5.91 Å². The molecule has 0 bridgehead atoms. The number of carbonyl (C=O) groups is 1. The van der Waals surface area contributed by atoms with Gasteiger partial charge in [0.25, 0.3) is 5.91 Å². The number of nitrogens with zero attached hydrogens (tertiary/aromatic N) is 3. The summed E-state index contributed by atoms with van der Waals surface area (Å²) in [4.78, 5) is 28.4. The van der Waals surface area contributed by atoms with Crippen molar-refractivity contribution in [1.82, 2.24) is 20.3 Å². The first-order chi connectivity index (χ1) is 14.3. The van der Waals surface area contributed by atoms with Gasteiger partial charge >= 0.3 is 0 Å². The number of aromatic nitrogens is 3. The van der Waals surface area contributed by atoms with Crippen LogP contribution in [0, 0.1) is 0 Å². The molecule has 1 saturated heterocycles. The van der Waals surface area contributed by atoms with Crippen molar-refractivity contribution in [2.45, 2.75) is 0 Å². The molecule has 3 aromatic heterocycles. The minimum atomic E-state index is -0.117. The zero-order valence-electron chi connectivity index (χ0n) is 15.7. The number of pyridine rings is 1. The number of anilines is 2. The van der Waals surface area contributed by atoms with Crippen molar-refractivity contribution in [1.29, 1.82) is 0 Å². The topological polar surface area (TPSA) is 85.9 Å². The highest BCUT2D eigenvalue weighted by Crippen LogP contribution is 2.31. The minimum Gasteiger partial charge on any atom is -0.367 e. The first kappa shape index (κ1) is 17.8. The van der Waals surface area contributed by atoms with Gasteiger partial charge in [-0.2, -0.15) is 0 Å². The smallest absolute Gasteiger partial charge is 0.265 e. The molecule has 146 valence electrons. The largest absolute Gasteiger partial charge is 0.367 e. The van der Waals surface area contributed by atoms with Crippen LogP contribution < -0.4 is 15.5 Å². The van der Waals surface area contributed by atoms with E-state index < -0.39 is 0 Å². The number of thiophene rings is 1. The molecule has 29 heavy (non-hydrogen) atoms. The molecule has 8 heteroatoms. The van der Waals surface area contributed by atoms with E-state index in [2.05, 4.69) is 36.6 Å². The molecule has 4 heterocycles. The van der Waals surface area contributed by atoms with Gasteiger partial charge in [-0.1, -0.05) is 6.07 Å². The Morgan fingerprint density at radius 2 is 2.03 bits per heavy atom. The van der Waals surface area contributed by atoms with E-state index in [1.807, 2.05) is 30.3 Å². The molecule has 7 nitrogen and oxygen atoms in total. The standard InChI is InChI=1S/C21H20N6OS/c28-21(26-17-12-23-6-5-18(17)27-9-7-22-8-10-27)20-4-3-19(29-20)14-1-2-15-16(11-14)25-13-24-15/h1-6,11-13,22H,7-10H2,(H,24,25)(H,26,28). The van der Waals surface area contributed by atoms with Gasteiger partial charge in [-0.05, 0) is 35.9 Å². The number of amides is 1. The fourth-order valence-electron chi connectivity index (χ4n) is 3.55. The fourth-order valence-corrected chi connectivity index (χ4v) is 4.45. The van der Waals surface area contributed by atoms with Crippen LogP contribution in [0.5, 0.6) is 0 Å². The number of piperazine rings is 1. The molecule has 0 spiro atoms. The number of carbonyl (C=O) groups excluding carboxylic acids is 1. The normalized spacial score (nSPS) is 14.3. The summed E-state index contributed by atoms with van der Waals surface area (Å²) < 4.78 is 0. The van der Waals surface area contributed by atoms with Crippen molar-refractivity contribution >= 4 is 39.7 Å². The van der Waals surface area contributed by atoms with Crippen molar-refractivity contribution in [2.24, 2.45) is 0 Å². The number of hydrogen-bond donors (Lipinski definition) is 3. The Labute approximate surface area is 171 Å². The molecule has 4 aromatic rings. The molecule has 3 N–H and O–H groups in total. The number of hydrogen-bond acceptors (Lipinski definition) is 6. The van der Waals surface area contributed by atoms with Gasteiger partial charge < -0.3 is 20.5 Å². The van der Waals surface area contributed by atoms with Crippen LogP contribution in [-0.4, -0.2) is 47.0 Å². The summed E-state index contributed by atoms with van der Waals surface area (Å²) in [5.41, 5.74) is 4.73. The highest BCUT2D eigenvalue weighted by Gasteiger charge is 2.17. The van der Waals surface area contributed by atoms with Crippen molar-refractivity contribution in [3.05, 3.63) is 60.0 Å². The van der Waals surface area contributed by atoms with Crippen molar-refractivity contribution in [3.8, 4) is 10.4 Å². The summed E-state index contributed by atoms with van der Waals surface area (Å²) in [6, 6.07) is 11.9. The SMILES string of the molecule is O=C(Nc1cnccc1N1CCNCC1)c1ccc(-c2ccc3nc[nH]c3c2)s1. The van der Waals surface area contributed by atoms with E-state index in [1.54, 1.807) is 18.7 Å². The maximum Gasteiger partial charge on any atom is 0.265 e. The van der Waals surface area contributed by atoms with Crippen LogP contribution in [-0.2, 0) is 0 Å². The van der Waals surface area contributed by atoms with Gasteiger partial charge in [0.1, 0.15) is 0 Å². The van der Waals surface area contributed by atoms with Gasteiger partial charge in [-0.25, -0.2) is 4.98 Å². The van der Waals surface area contributed by atoms with Crippen LogP contribution in [0.1, 0.15) is 9.67 Å². The van der Waals surface area contributed by atoms with Crippen molar-refractivity contribution in [2.75, 3.05) is 36.4 Å². The Hall–Kier alpha value is -3.23. The van der Waals surface area contributed by atoms with Gasteiger partial charge in [0.05, 0.1) is 39.8 Å². The van der Waals surface area contributed by atoms with E-state index >= 15 is 0 Å². The number of H-pyrrole nitrogens is 1. The lowest BCUT2D eigenvalue weighted by Gasteiger charge is -2.30. The van der Waals surface area contributed by atoms with E-state index in [0.29, 0.717) is 4.88 Å². The fraction of sp³-hybridized carbons (Fsp3) is 0.190. The molecular formula is C21H20N6OS. The minimum absolute atomic E-state index is 0.117. The lowest BCUT2D eigenvalue weighted by Crippen LogP contribution is -2.43. The summed E-state index contributed by atoms with van der Waals surface area (Å²) in [5, 5.41) is 6.39. The Balaban J connectivity index is 1.37. The molecule has 0 unspecified atom stereocenters. The van der Waals surface area contributed by atoms with Crippen LogP contribution in [0.4, 0.5) is 11.4 Å². The van der Waals surface area contributed by atoms with E-state index in [9.17, 15) is 4.79 Å². The molecule has 0 atom stereocenters. The monoisotopic (exact) mass is 404 g/mol. The van der Waals surface area contributed by atoms with Crippen LogP contribution in [0.25, 0.3) is 21.5 Å². The lowest BCUT2D eigenvalue weighted by atomic mass is 10.1. The lowest BCUT2D eigenvalue weighted by molar-refractivity contribution is 0.103. The Morgan fingerprint density at radius 1 is 1.14 bits per heavy atom. The summed E-state index contributed by atoms with van der Waals surface area (Å²) >= 11 is 1.48.